The summed E-state index contributed by atoms with van der Waals surface area (Å²) >= 11 is 0. The number of primary amides is 1. The molecule has 3 aromatic rings. The monoisotopic (exact) mass is 355 g/mol. The maximum Gasteiger partial charge on any atom is 0.267 e. The lowest BCUT2D eigenvalue weighted by atomic mass is 9.88. The van der Waals surface area contributed by atoms with Gasteiger partial charge in [-0.2, -0.15) is 0 Å². The van der Waals surface area contributed by atoms with E-state index in [0.29, 0.717) is 23.6 Å². The lowest BCUT2D eigenvalue weighted by Crippen LogP contribution is -2.20. The van der Waals surface area contributed by atoms with Crippen LogP contribution in [0.25, 0.3) is 0 Å². The van der Waals surface area contributed by atoms with Crippen LogP contribution in [0.3, 0.4) is 0 Å². The number of imidazole rings is 1. The second-order valence-electron chi connectivity index (χ2n) is 6.15. The van der Waals surface area contributed by atoms with Gasteiger partial charge in [-0.15, -0.1) is 0 Å². The zero-order chi connectivity index (χ0) is 18.7. The van der Waals surface area contributed by atoms with Crippen LogP contribution in [0.2, 0.25) is 0 Å². The van der Waals surface area contributed by atoms with E-state index in [2.05, 4.69) is 15.2 Å². The second kappa shape index (κ2) is 7.30. The highest BCUT2D eigenvalue weighted by Gasteiger charge is 2.23. The molecular weight excluding hydrogens is 334 g/mol. The molecule has 26 heavy (non-hydrogen) atoms. The van der Waals surface area contributed by atoms with E-state index in [4.69, 9.17) is 10.5 Å². The first-order valence-corrected chi connectivity index (χ1v) is 8.20. The highest BCUT2D eigenvalue weighted by atomic mass is 16.5. The first kappa shape index (κ1) is 17.5. The predicted octanol–water partition coefficient (Wildman–Crippen LogP) is 1.33. The molecule has 0 saturated carbocycles. The number of aromatic amines is 2. The van der Waals surface area contributed by atoms with Gasteiger partial charge < -0.3 is 20.1 Å². The van der Waals surface area contributed by atoms with Gasteiger partial charge in [-0.05, 0) is 24.6 Å². The van der Waals surface area contributed by atoms with Gasteiger partial charge in [-0.25, -0.2) is 4.98 Å². The number of aryl methyl sites for hydroxylation is 2. The summed E-state index contributed by atoms with van der Waals surface area (Å²) in [5.41, 5.74) is 7.17. The minimum Gasteiger partial charge on any atom is -0.486 e. The largest absolute Gasteiger partial charge is 0.486 e. The van der Waals surface area contributed by atoms with Crippen molar-refractivity contribution >= 4 is 5.91 Å². The summed E-state index contributed by atoms with van der Waals surface area (Å²) in [5.74, 6) is 0.612. The molecule has 0 aliphatic carbocycles. The van der Waals surface area contributed by atoms with E-state index in [1.807, 2.05) is 42.1 Å². The summed E-state index contributed by atoms with van der Waals surface area (Å²) in [4.78, 5) is 27.8. The van der Waals surface area contributed by atoms with E-state index < -0.39 is 11.8 Å². The van der Waals surface area contributed by atoms with Crippen molar-refractivity contribution in [3.8, 4) is 5.75 Å². The topological polar surface area (TPSA) is 119 Å². The number of nitrogens with one attached hydrogen (secondary N) is 2. The average Bonchev–Trinajstić information content (AvgIpc) is 3.17. The number of nitrogens with zero attached hydrogens (tertiary/aromatic N) is 2. The van der Waals surface area contributed by atoms with Gasteiger partial charge in [0.25, 0.3) is 5.56 Å². The fraction of sp³-hybridized carbons (Fsp3) is 0.278. The maximum atomic E-state index is 12.1. The lowest BCUT2D eigenvalue weighted by molar-refractivity contribution is -0.118. The number of nitrogens with two attached hydrogens (primary N) is 1. The van der Waals surface area contributed by atoms with Crippen molar-refractivity contribution in [1.82, 2.24) is 19.7 Å². The number of hydrogen-bond donors (Lipinski definition) is 3. The summed E-state index contributed by atoms with van der Waals surface area (Å²) in [7, 11) is 1.90. The third-order valence-corrected chi connectivity index (χ3v) is 4.34. The molecule has 8 nitrogen and oxygen atoms in total. The van der Waals surface area contributed by atoms with Crippen molar-refractivity contribution in [3.63, 3.8) is 0 Å². The van der Waals surface area contributed by atoms with Crippen LogP contribution in [-0.2, 0) is 18.4 Å². The molecule has 3 rings (SSSR count). The van der Waals surface area contributed by atoms with Gasteiger partial charge in [0.15, 0.2) is 0 Å². The van der Waals surface area contributed by atoms with Crippen LogP contribution < -0.4 is 16.0 Å². The number of hydrogen-bond acceptors (Lipinski definition) is 4. The Labute approximate surface area is 150 Å². The summed E-state index contributed by atoms with van der Waals surface area (Å²) < 4.78 is 7.62. The number of rotatable bonds is 7. The third kappa shape index (κ3) is 3.69. The number of ether oxygens (including phenoxy) is 1. The fourth-order valence-electron chi connectivity index (χ4n) is 2.94. The van der Waals surface area contributed by atoms with Crippen LogP contribution in [0.15, 0.2) is 41.5 Å². The molecule has 1 aromatic carbocycles. The van der Waals surface area contributed by atoms with Crippen LogP contribution in [0.1, 0.15) is 35.0 Å². The number of aromatic nitrogens is 4. The van der Waals surface area contributed by atoms with Gasteiger partial charge >= 0.3 is 0 Å². The predicted molar refractivity (Wildman–Crippen MR) is 95.8 cm³/mol. The van der Waals surface area contributed by atoms with Crippen molar-refractivity contribution < 1.29 is 9.53 Å². The van der Waals surface area contributed by atoms with Crippen molar-refractivity contribution in [2.24, 2.45) is 12.8 Å². The van der Waals surface area contributed by atoms with E-state index in [-0.39, 0.29) is 12.0 Å². The summed E-state index contributed by atoms with van der Waals surface area (Å²) in [6.07, 6.45) is 3.62. The van der Waals surface area contributed by atoms with Gasteiger partial charge in [-0.1, -0.05) is 12.1 Å². The quantitative estimate of drug-likeness (QED) is 0.592. The zero-order valence-corrected chi connectivity index (χ0v) is 14.7. The number of amides is 1. The molecule has 2 aromatic heterocycles. The molecule has 136 valence electrons. The van der Waals surface area contributed by atoms with Crippen molar-refractivity contribution in [2.75, 3.05) is 0 Å². The molecule has 1 amide bonds. The Bertz CT molecular complexity index is 952. The van der Waals surface area contributed by atoms with Crippen molar-refractivity contribution in [2.45, 2.75) is 25.9 Å². The molecule has 0 bridgehead atoms. The van der Waals surface area contributed by atoms with Gasteiger partial charge in [-0.3, -0.25) is 14.7 Å². The minimum absolute atomic E-state index is 0.0508. The molecule has 0 aliphatic rings. The maximum absolute atomic E-state index is 12.1. The molecule has 0 spiro atoms. The summed E-state index contributed by atoms with van der Waals surface area (Å²) in [6.45, 7) is 2.13. The molecule has 2 heterocycles. The fourth-order valence-corrected chi connectivity index (χ4v) is 2.94. The number of H-pyrrole nitrogens is 2. The van der Waals surface area contributed by atoms with E-state index >= 15 is 0 Å². The third-order valence-electron chi connectivity index (χ3n) is 4.34. The highest BCUT2D eigenvalue weighted by Crippen LogP contribution is 2.28. The van der Waals surface area contributed by atoms with Crippen LogP contribution in [0.5, 0.6) is 5.75 Å². The SMILES string of the molecule is Cc1[nH][nH]c(=O)c1[C@H](CC(N)=O)c1ccc(OCc2nccn2C)cc1. The van der Waals surface area contributed by atoms with E-state index in [1.54, 1.807) is 13.1 Å². The van der Waals surface area contributed by atoms with Crippen LogP contribution in [0, 0.1) is 6.92 Å². The van der Waals surface area contributed by atoms with Gasteiger partial charge in [0.1, 0.15) is 18.2 Å². The van der Waals surface area contributed by atoms with Gasteiger partial charge in [0, 0.05) is 43.0 Å². The number of carbonyl (C=O) groups is 1. The minimum atomic E-state index is -0.467. The molecule has 0 radical (unpaired) electrons. The molecule has 0 saturated heterocycles. The Morgan fingerprint density at radius 2 is 2.04 bits per heavy atom. The molecule has 1 atom stereocenters. The molecule has 0 fully saturated rings. The van der Waals surface area contributed by atoms with Crippen LogP contribution >= 0.6 is 0 Å². The van der Waals surface area contributed by atoms with E-state index in [1.165, 1.54) is 0 Å². The molecule has 4 N–H and O–H groups in total. The Kier molecular flexibility index (Phi) is 4.92. The summed E-state index contributed by atoms with van der Waals surface area (Å²) in [6, 6.07) is 7.30. The lowest BCUT2D eigenvalue weighted by Gasteiger charge is -2.15. The molecule has 8 heteroatoms. The Morgan fingerprint density at radius 3 is 2.58 bits per heavy atom. The second-order valence-corrected chi connectivity index (χ2v) is 6.15. The van der Waals surface area contributed by atoms with Crippen molar-refractivity contribution in [3.05, 3.63) is 69.7 Å². The van der Waals surface area contributed by atoms with E-state index in [9.17, 15) is 9.59 Å². The molecular formula is C18H21N5O3. The standard InChI is InChI=1S/C18H21N5O3/c1-11-17(18(25)22-21-11)14(9-15(19)24)12-3-5-13(6-4-12)26-10-16-20-7-8-23(16)2/h3-8,14H,9-10H2,1-2H3,(H2,19,24)(H2,21,22,25)/t14-/m1/s1. The van der Waals surface area contributed by atoms with Crippen LogP contribution in [0.4, 0.5) is 0 Å². The first-order chi connectivity index (χ1) is 12.5. The number of carbonyl (C=O) groups excluding carboxylic acids is 1. The summed E-state index contributed by atoms with van der Waals surface area (Å²) in [5, 5.41) is 5.34. The smallest absolute Gasteiger partial charge is 0.267 e. The zero-order valence-electron chi connectivity index (χ0n) is 14.7. The Hall–Kier alpha value is -3.29. The average molecular weight is 355 g/mol. The van der Waals surface area contributed by atoms with Gasteiger partial charge in [0.2, 0.25) is 5.91 Å². The highest BCUT2D eigenvalue weighted by molar-refractivity contribution is 5.75. The van der Waals surface area contributed by atoms with Gasteiger partial charge in [0.05, 0.1) is 0 Å². The molecule has 0 unspecified atom stereocenters. The Balaban J connectivity index is 1.81. The van der Waals surface area contributed by atoms with E-state index in [0.717, 1.165) is 11.4 Å². The Morgan fingerprint density at radius 1 is 1.31 bits per heavy atom. The van der Waals surface area contributed by atoms with Crippen LogP contribution in [-0.4, -0.2) is 25.7 Å². The first-order valence-electron chi connectivity index (χ1n) is 8.20. The normalized spacial score (nSPS) is 12.1. The van der Waals surface area contributed by atoms with Crippen molar-refractivity contribution in [1.29, 1.82) is 0 Å². The molecule has 0 aliphatic heterocycles. The number of benzene rings is 1.